The molecule has 0 aliphatic carbocycles. The number of hydrogen-bond donors (Lipinski definition) is 1. The van der Waals surface area contributed by atoms with E-state index in [-0.39, 0.29) is 0 Å². The molecule has 0 radical (unpaired) electrons. The molecule has 1 rings (SSSR count). The van der Waals surface area contributed by atoms with Crippen molar-refractivity contribution in [2.75, 3.05) is 6.61 Å². The zero-order chi connectivity index (χ0) is 11.3. The Balaban J connectivity index is 2.50. The van der Waals surface area contributed by atoms with Gasteiger partial charge in [0.25, 0.3) is 0 Å². The van der Waals surface area contributed by atoms with Gasteiger partial charge in [-0.2, -0.15) is 0 Å². The summed E-state index contributed by atoms with van der Waals surface area (Å²) in [6, 6.07) is 8.03. The summed E-state index contributed by atoms with van der Waals surface area (Å²) in [5, 5.41) is 9.54. The second-order valence-electron chi connectivity index (χ2n) is 4.37. The summed E-state index contributed by atoms with van der Waals surface area (Å²) in [5.74, 6) is 0.934. The van der Waals surface area contributed by atoms with E-state index in [2.05, 4.69) is 13.0 Å². The normalized spacial score (nSPS) is 11.5. The number of para-hydroxylation sites is 1. The van der Waals surface area contributed by atoms with Crippen molar-refractivity contribution in [2.45, 2.75) is 39.2 Å². The van der Waals surface area contributed by atoms with Gasteiger partial charge in [-0.3, -0.25) is 0 Å². The van der Waals surface area contributed by atoms with Crippen LogP contribution in [0, 0.1) is 0 Å². The van der Waals surface area contributed by atoms with E-state index in [0.717, 1.165) is 12.2 Å². The van der Waals surface area contributed by atoms with E-state index < -0.39 is 5.60 Å². The highest BCUT2D eigenvalue weighted by atomic mass is 16.5. The highest BCUT2D eigenvalue weighted by Gasteiger charge is 2.12. The first-order valence-corrected chi connectivity index (χ1v) is 5.46. The highest BCUT2D eigenvalue weighted by Crippen LogP contribution is 2.19. The molecule has 15 heavy (non-hydrogen) atoms. The van der Waals surface area contributed by atoms with Crippen LogP contribution < -0.4 is 4.74 Å². The Hall–Kier alpha value is -1.02. The lowest BCUT2D eigenvalue weighted by Crippen LogP contribution is -2.21. The zero-order valence-corrected chi connectivity index (χ0v) is 9.79. The number of benzene rings is 1. The van der Waals surface area contributed by atoms with Crippen LogP contribution in [0.25, 0.3) is 0 Å². The molecule has 1 aromatic carbocycles. The van der Waals surface area contributed by atoms with Crippen molar-refractivity contribution in [1.82, 2.24) is 0 Å². The van der Waals surface area contributed by atoms with Gasteiger partial charge in [-0.25, -0.2) is 0 Å². The van der Waals surface area contributed by atoms with Crippen molar-refractivity contribution < 1.29 is 9.84 Å². The number of rotatable bonds is 5. The molecule has 0 bridgehead atoms. The third-order valence-electron chi connectivity index (χ3n) is 2.32. The van der Waals surface area contributed by atoms with Crippen LogP contribution in [0.4, 0.5) is 0 Å². The Morgan fingerprint density at radius 3 is 2.53 bits per heavy atom. The van der Waals surface area contributed by atoms with Crippen LogP contribution >= 0.6 is 0 Å². The zero-order valence-electron chi connectivity index (χ0n) is 9.79. The van der Waals surface area contributed by atoms with Gasteiger partial charge in [-0.15, -0.1) is 0 Å². The molecule has 2 heteroatoms. The molecule has 0 saturated carbocycles. The fraction of sp³-hybridized carbons (Fsp3) is 0.538. The van der Waals surface area contributed by atoms with Crippen LogP contribution in [0.15, 0.2) is 24.3 Å². The van der Waals surface area contributed by atoms with Gasteiger partial charge in [0.1, 0.15) is 5.75 Å². The van der Waals surface area contributed by atoms with Gasteiger partial charge in [0, 0.05) is 6.42 Å². The van der Waals surface area contributed by atoms with E-state index in [1.807, 2.05) is 18.2 Å². The van der Waals surface area contributed by atoms with Crippen molar-refractivity contribution in [3.63, 3.8) is 0 Å². The summed E-state index contributed by atoms with van der Waals surface area (Å²) in [6.45, 7) is 6.25. The van der Waals surface area contributed by atoms with Gasteiger partial charge < -0.3 is 9.84 Å². The topological polar surface area (TPSA) is 29.5 Å². The molecule has 0 aliphatic rings. The maximum absolute atomic E-state index is 9.54. The summed E-state index contributed by atoms with van der Waals surface area (Å²) in [7, 11) is 0. The van der Waals surface area contributed by atoms with Gasteiger partial charge in [-0.05, 0) is 31.9 Å². The summed E-state index contributed by atoms with van der Waals surface area (Å²) in [4.78, 5) is 0. The third kappa shape index (κ3) is 4.34. The predicted octanol–water partition coefficient (Wildman–Crippen LogP) is 2.79. The van der Waals surface area contributed by atoms with E-state index >= 15 is 0 Å². The molecule has 0 fully saturated rings. The number of ether oxygens (including phenoxy) is 1. The first-order valence-electron chi connectivity index (χ1n) is 5.46. The minimum absolute atomic E-state index is 0.556. The molecule has 2 nitrogen and oxygen atoms in total. The second kappa shape index (κ2) is 5.17. The minimum Gasteiger partial charge on any atom is -0.493 e. The fourth-order valence-electron chi connectivity index (χ4n) is 1.35. The van der Waals surface area contributed by atoms with E-state index in [4.69, 9.17) is 4.74 Å². The Kier molecular flexibility index (Phi) is 4.15. The standard InChI is InChI=1S/C13H20O2/c1-4-11-7-5-6-8-12(11)15-10-9-13(2,3)14/h5-8,14H,4,9-10H2,1-3H3. The molecule has 0 spiro atoms. The van der Waals surface area contributed by atoms with Crippen LogP contribution in [-0.4, -0.2) is 17.3 Å². The second-order valence-corrected chi connectivity index (χ2v) is 4.37. The van der Waals surface area contributed by atoms with Gasteiger partial charge >= 0.3 is 0 Å². The first kappa shape index (κ1) is 12.1. The molecular formula is C13H20O2. The summed E-state index contributed by atoms with van der Waals surface area (Å²) in [6.07, 6.45) is 1.61. The first-order chi connectivity index (χ1) is 7.03. The molecule has 84 valence electrons. The van der Waals surface area contributed by atoms with Crippen molar-refractivity contribution in [3.05, 3.63) is 29.8 Å². The molecule has 0 aromatic heterocycles. The SMILES string of the molecule is CCc1ccccc1OCCC(C)(C)O. The molecule has 0 unspecified atom stereocenters. The predicted molar refractivity (Wildman–Crippen MR) is 62.2 cm³/mol. The van der Waals surface area contributed by atoms with Crippen molar-refractivity contribution in [3.8, 4) is 5.75 Å². The lowest BCUT2D eigenvalue weighted by Gasteiger charge is -2.17. The van der Waals surface area contributed by atoms with E-state index in [9.17, 15) is 5.11 Å². The largest absolute Gasteiger partial charge is 0.493 e. The Bertz CT molecular complexity index is 300. The number of aliphatic hydroxyl groups is 1. The van der Waals surface area contributed by atoms with Crippen LogP contribution in [0.3, 0.4) is 0 Å². The van der Waals surface area contributed by atoms with Crippen LogP contribution in [0.2, 0.25) is 0 Å². The number of aryl methyl sites for hydroxylation is 1. The number of hydrogen-bond acceptors (Lipinski definition) is 2. The lowest BCUT2D eigenvalue weighted by molar-refractivity contribution is 0.0552. The molecule has 1 aromatic rings. The maximum Gasteiger partial charge on any atom is 0.122 e. The summed E-state index contributed by atoms with van der Waals surface area (Å²) >= 11 is 0. The Morgan fingerprint density at radius 1 is 1.27 bits per heavy atom. The van der Waals surface area contributed by atoms with Crippen molar-refractivity contribution in [1.29, 1.82) is 0 Å². The Morgan fingerprint density at radius 2 is 1.93 bits per heavy atom. The average Bonchev–Trinajstić information content (AvgIpc) is 2.16. The van der Waals surface area contributed by atoms with E-state index in [1.54, 1.807) is 13.8 Å². The molecule has 0 atom stereocenters. The molecule has 0 saturated heterocycles. The Labute approximate surface area is 91.9 Å². The summed E-state index contributed by atoms with van der Waals surface area (Å²) in [5.41, 5.74) is 0.564. The minimum atomic E-state index is -0.652. The van der Waals surface area contributed by atoms with Gasteiger partial charge in [0.05, 0.1) is 12.2 Å². The molecule has 0 heterocycles. The monoisotopic (exact) mass is 208 g/mol. The molecular weight excluding hydrogens is 188 g/mol. The van der Waals surface area contributed by atoms with Gasteiger partial charge in [0.2, 0.25) is 0 Å². The average molecular weight is 208 g/mol. The smallest absolute Gasteiger partial charge is 0.122 e. The van der Waals surface area contributed by atoms with Crippen molar-refractivity contribution in [2.24, 2.45) is 0 Å². The third-order valence-corrected chi connectivity index (χ3v) is 2.32. The van der Waals surface area contributed by atoms with E-state index in [1.165, 1.54) is 5.56 Å². The van der Waals surface area contributed by atoms with E-state index in [0.29, 0.717) is 13.0 Å². The molecule has 0 aliphatic heterocycles. The molecule has 0 amide bonds. The van der Waals surface area contributed by atoms with Crippen LogP contribution in [0.5, 0.6) is 5.75 Å². The summed E-state index contributed by atoms with van der Waals surface area (Å²) < 4.78 is 5.64. The van der Waals surface area contributed by atoms with Gasteiger partial charge in [0.15, 0.2) is 0 Å². The quantitative estimate of drug-likeness (QED) is 0.806. The van der Waals surface area contributed by atoms with Crippen molar-refractivity contribution >= 4 is 0 Å². The highest BCUT2D eigenvalue weighted by molar-refractivity contribution is 5.33. The van der Waals surface area contributed by atoms with Crippen LogP contribution in [-0.2, 0) is 6.42 Å². The fourth-order valence-corrected chi connectivity index (χ4v) is 1.35. The maximum atomic E-state index is 9.54. The lowest BCUT2D eigenvalue weighted by atomic mass is 10.1. The van der Waals surface area contributed by atoms with Gasteiger partial charge in [-0.1, -0.05) is 25.1 Å². The molecule has 1 N–H and O–H groups in total. The van der Waals surface area contributed by atoms with Crippen LogP contribution in [0.1, 0.15) is 32.8 Å².